The van der Waals surface area contributed by atoms with Gasteiger partial charge in [-0.3, -0.25) is 0 Å². The Labute approximate surface area is 114 Å². The van der Waals surface area contributed by atoms with Gasteiger partial charge in [-0.25, -0.2) is 0 Å². The van der Waals surface area contributed by atoms with E-state index in [1.165, 1.54) is 41.0 Å². The van der Waals surface area contributed by atoms with Gasteiger partial charge in [0, 0.05) is 22.9 Å². The minimum absolute atomic E-state index is 0.364. The van der Waals surface area contributed by atoms with Crippen LogP contribution in [0.1, 0.15) is 41.0 Å². The maximum atomic E-state index is 9.40. The third kappa shape index (κ3) is 3.56. The molecular formula is C15H25NOS. The van der Waals surface area contributed by atoms with Crippen molar-refractivity contribution in [2.45, 2.75) is 46.1 Å². The summed E-state index contributed by atoms with van der Waals surface area (Å²) in [5.41, 5.74) is 1.44. The molecule has 0 saturated heterocycles. The highest BCUT2D eigenvalue weighted by Crippen LogP contribution is 2.29. The highest BCUT2D eigenvalue weighted by Gasteiger charge is 2.23. The Bertz CT molecular complexity index is 375. The molecule has 1 heterocycles. The number of rotatable bonds is 5. The molecule has 102 valence electrons. The van der Waals surface area contributed by atoms with E-state index in [0.717, 1.165) is 13.1 Å². The number of thiophene rings is 1. The SMILES string of the molecule is Cc1cc(CNCC2CCCCC2CO)c(C)s1. The van der Waals surface area contributed by atoms with Crippen molar-refractivity contribution in [2.24, 2.45) is 11.8 Å². The molecule has 1 saturated carbocycles. The number of aliphatic hydroxyl groups is 1. The third-order valence-electron chi connectivity index (χ3n) is 4.17. The largest absolute Gasteiger partial charge is 0.396 e. The molecular weight excluding hydrogens is 242 g/mol. The first-order chi connectivity index (χ1) is 8.70. The van der Waals surface area contributed by atoms with E-state index >= 15 is 0 Å². The number of nitrogens with one attached hydrogen (secondary N) is 1. The van der Waals surface area contributed by atoms with Crippen molar-refractivity contribution in [2.75, 3.05) is 13.2 Å². The lowest BCUT2D eigenvalue weighted by molar-refractivity contribution is 0.133. The Balaban J connectivity index is 1.79. The standard InChI is InChI=1S/C15H25NOS/c1-11-7-15(12(2)18-11)9-16-8-13-5-3-4-6-14(13)10-17/h7,13-14,16-17H,3-6,8-10H2,1-2H3. The average molecular weight is 267 g/mol. The summed E-state index contributed by atoms with van der Waals surface area (Å²) >= 11 is 1.88. The molecule has 1 aromatic rings. The fourth-order valence-corrected chi connectivity index (χ4v) is 3.99. The van der Waals surface area contributed by atoms with Crippen LogP contribution in [-0.4, -0.2) is 18.3 Å². The second-order valence-electron chi connectivity index (χ2n) is 5.56. The van der Waals surface area contributed by atoms with Crippen LogP contribution in [0.4, 0.5) is 0 Å². The highest BCUT2D eigenvalue weighted by atomic mass is 32.1. The van der Waals surface area contributed by atoms with Crippen molar-refractivity contribution in [1.82, 2.24) is 5.32 Å². The van der Waals surface area contributed by atoms with Crippen molar-refractivity contribution >= 4 is 11.3 Å². The van der Waals surface area contributed by atoms with E-state index in [1.54, 1.807) is 0 Å². The van der Waals surface area contributed by atoms with E-state index in [2.05, 4.69) is 25.2 Å². The Morgan fingerprint density at radius 2 is 2.00 bits per heavy atom. The molecule has 1 aromatic heterocycles. The number of aliphatic hydroxyl groups excluding tert-OH is 1. The Morgan fingerprint density at radius 3 is 2.61 bits per heavy atom. The molecule has 2 nitrogen and oxygen atoms in total. The Hall–Kier alpha value is -0.380. The van der Waals surface area contributed by atoms with E-state index in [-0.39, 0.29) is 0 Å². The van der Waals surface area contributed by atoms with Crippen molar-refractivity contribution in [3.05, 3.63) is 21.4 Å². The fraction of sp³-hybridized carbons (Fsp3) is 0.733. The van der Waals surface area contributed by atoms with E-state index in [1.807, 2.05) is 11.3 Å². The zero-order valence-electron chi connectivity index (χ0n) is 11.5. The second-order valence-corrected chi connectivity index (χ2v) is 7.02. The molecule has 0 bridgehead atoms. The van der Waals surface area contributed by atoms with Crippen LogP contribution in [0.15, 0.2) is 6.07 Å². The van der Waals surface area contributed by atoms with Gasteiger partial charge in [-0.1, -0.05) is 12.8 Å². The van der Waals surface area contributed by atoms with Crippen LogP contribution in [0.25, 0.3) is 0 Å². The van der Waals surface area contributed by atoms with Gasteiger partial charge in [0.2, 0.25) is 0 Å². The van der Waals surface area contributed by atoms with E-state index in [9.17, 15) is 5.11 Å². The van der Waals surface area contributed by atoms with Crippen LogP contribution in [0.3, 0.4) is 0 Å². The van der Waals surface area contributed by atoms with E-state index in [0.29, 0.717) is 18.4 Å². The minimum Gasteiger partial charge on any atom is -0.396 e. The molecule has 1 aliphatic carbocycles. The van der Waals surface area contributed by atoms with Crippen LogP contribution in [-0.2, 0) is 6.54 Å². The fourth-order valence-electron chi connectivity index (χ4n) is 3.04. The van der Waals surface area contributed by atoms with E-state index < -0.39 is 0 Å². The summed E-state index contributed by atoms with van der Waals surface area (Å²) < 4.78 is 0. The maximum Gasteiger partial charge on any atom is 0.0462 e. The molecule has 1 fully saturated rings. The van der Waals surface area contributed by atoms with E-state index in [4.69, 9.17) is 0 Å². The first kappa shape index (κ1) is 14.0. The van der Waals surface area contributed by atoms with Gasteiger partial charge in [0.15, 0.2) is 0 Å². The number of aryl methyl sites for hydroxylation is 2. The highest BCUT2D eigenvalue weighted by molar-refractivity contribution is 7.12. The summed E-state index contributed by atoms with van der Waals surface area (Å²) in [4.78, 5) is 2.83. The average Bonchev–Trinajstić information content (AvgIpc) is 2.68. The van der Waals surface area contributed by atoms with Crippen LogP contribution in [0, 0.1) is 25.7 Å². The van der Waals surface area contributed by atoms with Gasteiger partial charge in [0.05, 0.1) is 0 Å². The molecule has 1 aliphatic rings. The second kappa shape index (κ2) is 6.69. The summed E-state index contributed by atoms with van der Waals surface area (Å²) in [7, 11) is 0. The van der Waals surface area contributed by atoms with Crippen molar-refractivity contribution in [3.8, 4) is 0 Å². The lowest BCUT2D eigenvalue weighted by Gasteiger charge is -2.30. The summed E-state index contributed by atoms with van der Waals surface area (Å²) in [6.45, 7) is 6.77. The molecule has 0 aliphatic heterocycles. The summed E-state index contributed by atoms with van der Waals surface area (Å²) in [5, 5.41) is 13.0. The molecule has 0 aromatic carbocycles. The van der Waals surface area contributed by atoms with Crippen molar-refractivity contribution < 1.29 is 5.11 Å². The number of hydrogen-bond donors (Lipinski definition) is 2. The lowest BCUT2D eigenvalue weighted by atomic mass is 9.79. The predicted molar refractivity (Wildman–Crippen MR) is 78.0 cm³/mol. The zero-order valence-corrected chi connectivity index (χ0v) is 12.4. The molecule has 18 heavy (non-hydrogen) atoms. The molecule has 2 rings (SSSR count). The molecule has 2 unspecified atom stereocenters. The normalized spacial score (nSPS) is 24.4. The van der Waals surface area contributed by atoms with Crippen LogP contribution in [0.2, 0.25) is 0 Å². The molecule has 2 atom stereocenters. The third-order valence-corrected chi connectivity index (χ3v) is 5.17. The molecule has 0 spiro atoms. The molecule has 3 heteroatoms. The molecule has 0 radical (unpaired) electrons. The van der Waals surface area contributed by atoms with Gasteiger partial charge < -0.3 is 10.4 Å². The minimum atomic E-state index is 0.364. The zero-order chi connectivity index (χ0) is 13.0. The molecule has 0 amide bonds. The predicted octanol–water partition coefficient (Wildman–Crippen LogP) is 3.25. The summed E-state index contributed by atoms with van der Waals surface area (Å²) in [6.07, 6.45) is 5.11. The summed E-state index contributed by atoms with van der Waals surface area (Å²) in [6, 6.07) is 2.29. The number of hydrogen-bond acceptors (Lipinski definition) is 3. The molecule has 2 N–H and O–H groups in total. The first-order valence-electron chi connectivity index (χ1n) is 7.08. The van der Waals surface area contributed by atoms with Crippen molar-refractivity contribution in [3.63, 3.8) is 0 Å². The maximum absolute atomic E-state index is 9.40. The lowest BCUT2D eigenvalue weighted by Crippen LogP contribution is -2.32. The van der Waals surface area contributed by atoms with Crippen LogP contribution >= 0.6 is 11.3 Å². The Kier molecular flexibility index (Phi) is 5.22. The Morgan fingerprint density at radius 1 is 1.28 bits per heavy atom. The van der Waals surface area contributed by atoms with Gasteiger partial charge in [-0.05, 0) is 56.7 Å². The quantitative estimate of drug-likeness (QED) is 0.858. The smallest absolute Gasteiger partial charge is 0.0462 e. The summed E-state index contributed by atoms with van der Waals surface area (Å²) in [5.74, 6) is 1.19. The van der Waals surface area contributed by atoms with Gasteiger partial charge in [-0.2, -0.15) is 0 Å². The van der Waals surface area contributed by atoms with Gasteiger partial charge in [-0.15, -0.1) is 11.3 Å². The van der Waals surface area contributed by atoms with Gasteiger partial charge >= 0.3 is 0 Å². The van der Waals surface area contributed by atoms with Crippen LogP contribution < -0.4 is 5.32 Å². The topological polar surface area (TPSA) is 32.3 Å². The van der Waals surface area contributed by atoms with Crippen molar-refractivity contribution in [1.29, 1.82) is 0 Å². The van der Waals surface area contributed by atoms with Gasteiger partial charge in [0.25, 0.3) is 0 Å². The monoisotopic (exact) mass is 267 g/mol. The first-order valence-corrected chi connectivity index (χ1v) is 7.90. The van der Waals surface area contributed by atoms with Gasteiger partial charge in [0.1, 0.15) is 0 Å². The van der Waals surface area contributed by atoms with Crippen LogP contribution in [0.5, 0.6) is 0 Å².